The molecule has 0 aromatic carbocycles. The molecule has 0 spiro atoms. The van der Waals surface area contributed by atoms with Gasteiger partial charge in [-0.1, -0.05) is 24.3 Å². The zero-order chi connectivity index (χ0) is 17.6. The number of allylic oxidation sites excluding steroid dienone is 3. The first-order valence-electron chi connectivity index (χ1n) is 7.49. The molecule has 2 heterocycles. The Morgan fingerprint density at radius 1 is 1.38 bits per heavy atom. The summed E-state index contributed by atoms with van der Waals surface area (Å²) in [5.41, 5.74) is -1.80. The smallest absolute Gasteiger partial charge is 0.417 e. The van der Waals surface area contributed by atoms with Gasteiger partial charge in [-0.3, -0.25) is 14.7 Å². The quantitative estimate of drug-likeness (QED) is 0.787. The van der Waals surface area contributed by atoms with Crippen molar-refractivity contribution in [2.75, 3.05) is 19.6 Å². The van der Waals surface area contributed by atoms with Gasteiger partial charge in [0.05, 0.1) is 23.6 Å². The van der Waals surface area contributed by atoms with Crippen molar-refractivity contribution in [2.24, 2.45) is 10.9 Å². The first-order valence-corrected chi connectivity index (χ1v) is 7.87. The molecule has 0 aromatic rings. The van der Waals surface area contributed by atoms with Crippen LogP contribution in [0.25, 0.3) is 0 Å². The predicted octanol–water partition coefficient (Wildman–Crippen LogP) is 2.81. The molecule has 3 aliphatic rings. The monoisotopic (exact) mass is 360 g/mol. The molecular weight excluding hydrogens is 345 g/mol. The van der Waals surface area contributed by atoms with E-state index in [1.807, 2.05) is 11.0 Å². The standard InChI is InChI=1S/C16H16ClF3N2O2/c17-14(6-12(7-21-10-14)16(18,19)20)15(4-2-1-3-5-15)22-8-11(9-22)13(23)24/h1-4,6-7,11H,5,8-10H2,(H,23,24). The van der Waals surface area contributed by atoms with Gasteiger partial charge in [0.25, 0.3) is 0 Å². The van der Waals surface area contributed by atoms with Crippen LogP contribution in [0.3, 0.4) is 0 Å². The molecule has 0 bridgehead atoms. The molecule has 2 unspecified atom stereocenters. The van der Waals surface area contributed by atoms with Gasteiger partial charge in [-0.25, -0.2) is 0 Å². The number of hydrogen-bond donors (Lipinski definition) is 1. The fourth-order valence-corrected chi connectivity index (χ4v) is 3.84. The van der Waals surface area contributed by atoms with E-state index in [4.69, 9.17) is 16.7 Å². The molecule has 2 aliphatic heterocycles. The Hall–Kier alpha value is -1.60. The maximum absolute atomic E-state index is 13.1. The van der Waals surface area contributed by atoms with Crippen molar-refractivity contribution in [3.05, 3.63) is 36.0 Å². The van der Waals surface area contributed by atoms with E-state index in [-0.39, 0.29) is 19.6 Å². The zero-order valence-electron chi connectivity index (χ0n) is 12.6. The molecule has 2 atom stereocenters. The number of nitrogens with zero attached hydrogens (tertiary/aromatic N) is 2. The van der Waals surface area contributed by atoms with Crippen LogP contribution in [0.1, 0.15) is 6.42 Å². The van der Waals surface area contributed by atoms with Crippen LogP contribution < -0.4 is 0 Å². The largest absolute Gasteiger partial charge is 0.481 e. The average Bonchev–Trinajstić information content (AvgIpc) is 2.45. The highest BCUT2D eigenvalue weighted by Crippen LogP contribution is 2.47. The van der Waals surface area contributed by atoms with Crippen molar-refractivity contribution in [3.63, 3.8) is 0 Å². The third-order valence-electron chi connectivity index (χ3n) is 4.83. The molecule has 1 aliphatic carbocycles. The van der Waals surface area contributed by atoms with Crippen molar-refractivity contribution in [1.29, 1.82) is 0 Å². The highest BCUT2D eigenvalue weighted by Gasteiger charge is 2.56. The third kappa shape index (κ3) is 2.69. The third-order valence-corrected chi connectivity index (χ3v) is 5.38. The fraction of sp³-hybridized carbons (Fsp3) is 0.500. The molecule has 1 saturated heterocycles. The molecule has 0 saturated carbocycles. The number of carboxylic acid groups (broad SMARTS) is 1. The number of carboxylic acids is 1. The zero-order valence-corrected chi connectivity index (χ0v) is 13.4. The van der Waals surface area contributed by atoms with Crippen molar-refractivity contribution < 1.29 is 23.1 Å². The van der Waals surface area contributed by atoms with Crippen LogP contribution in [0.2, 0.25) is 0 Å². The Balaban J connectivity index is 1.97. The Morgan fingerprint density at radius 3 is 2.62 bits per heavy atom. The van der Waals surface area contributed by atoms with E-state index in [1.165, 1.54) is 0 Å². The Kier molecular flexibility index (Phi) is 4.12. The Labute approximate surface area is 142 Å². The summed E-state index contributed by atoms with van der Waals surface area (Å²) < 4.78 is 39.3. The van der Waals surface area contributed by atoms with Crippen LogP contribution in [0.5, 0.6) is 0 Å². The average molecular weight is 361 g/mol. The second-order valence-corrected chi connectivity index (χ2v) is 6.96. The van der Waals surface area contributed by atoms with Crippen molar-refractivity contribution in [2.45, 2.75) is 23.0 Å². The normalized spacial score (nSPS) is 34.1. The van der Waals surface area contributed by atoms with Gasteiger partial charge in [0, 0.05) is 19.3 Å². The first kappa shape index (κ1) is 17.2. The number of aliphatic imine (C=N–C) groups is 1. The van der Waals surface area contributed by atoms with Gasteiger partial charge in [0.15, 0.2) is 0 Å². The summed E-state index contributed by atoms with van der Waals surface area (Å²) in [7, 11) is 0. The number of aliphatic carboxylic acids is 1. The number of rotatable bonds is 3. The molecule has 8 heteroatoms. The molecule has 0 aromatic heterocycles. The van der Waals surface area contributed by atoms with E-state index in [2.05, 4.69) is 4.99 Å². The highest BCUT2D eigenvalue weighted by atomic mass is 35.5. The number of hydrogen-bond acceptors (Lipinski definition) is 3. The number of carbonyl (C=O) groups is 1. The van der Waals surface area contributed by atoms with Crippen LogP contribution in [0, 0.1) is 5.92 Å². The van der Waals surface area contributed by atoms with Crippen molar-refractivity contribution >= 4 is 23.8 Å². The summed E-state index contributed by atoms with van der Waals surface area (Å²) in [4.78, 5) is 15.4. The van der Waals surface area contributed by atoms with Gasteiger partial charge in [-0.05, 0) is 12.5 Å². The molecule has 4 nitrogen and oxygen atoms in total. The van der Waals surface area contributed by atoms with E-state index >= 15 is 0 Å². The summed E-state index contributed by atoms with van der Waals surface area (Å²) in [6.45, 7) is 0.502. The summed E-state index contributed by atoms with van der Waals surface area (Å²) in [5.74, 6) is -1.44. The minimum atomic E-state index is -4.53. The lowest BCUT2D eigenvalue weighted by Gasteiger charge is -2.56. The molecular formula is C16H16ClF3N2O2. The number of halogens is 4. The molecule has 1 fully saturated rings. The van der Waals surface area contributed by atoms with Crippen LogP contribution in [0.4, 0.5) is 13.2 Å². The van der Waals surface area contributed by atoms with Gasteiger partial charge in [0.2, 0.25) is 0 Å². The minimum Gasteiger partial charge on any atom is -0.481 e. The maximum atomic E-state index is 13.1. The van der Waals surface area contributed by atoms with E-state index in [0.717, 1.165) is 12.3 Å². The maximum Gasteiger partial charge on any atom is 0.417 e. The van der Waals surface area contributed by atoms with Crippen molar-refractivity contribution in [1.82, 2.24) is 4.90 Å². The number of likely N-dealkylation sites (tertiary alicyclic amines) is 1. The molecule has 3 rings (SSSR count). The Bertz CT molecular complexity index is 665. The van der Waals surface area contributed by atoms with Gasteiger partial charge in [-0.2, -0.15) is 13.2 Å². The van der Waals surface area contributed by atoms with Crippen LogP contribution >= 0.6 is 11.6 Å². The number of dihydropyridines is 1. The fourth-order valence-electron chi connectivity index (χ4n) is 3.40. The molecule has 0 radical (unpaired) electrons. The molecule has 1 N–H and O–H groups in total. The SMILES string of the molecule is O=C(O)C1CN(C2(C3(Cl)C=C(C(F)(F)F)C=NC3)C=CC=CC2)C1. The van der Waals surface area contributed by atoms with Gasteiger partial charge < -0.3 is 5.11 Å². The van der Waals surface area contributed by atoms with Crippen LogP contribution in [-0.2, 0) is 4.79 Å². The van der Waals surface area contributed by atoms with E-state index in [9.17, 15) is 18.0 Å². The lowest BCUT2D eigenvalue weighted by molar-refractivity contribution is -0.150. The summed E-state index contributed by atoms with van der Waals surface area (Å²) in [5, 5.41) is 9.08. The highest BCUT2D eigenvalue weighted by molar-refractivity contribution is 6.27. The lowest BCUT2D eigenvalue weighted by atomic mass is 9.72. The molecule has 24 heavy (non-hydrogen) atoms. The number of alkyl halides is 4. The van der Waals surface area contributed by atoms with Gasteiger partial charge >= 0.3 is 12.1 Å². The van der Waals surface area contributed by atoms with Crippen LogP contribution in [-0.4, -0.2) is 58.4 Å². The summed E-state index contributed by atoms with van der Waals surface area (Å²) >= 11 is 6.68. The first-order chi connectivity index (χ1) is 11.2. The Morgan fingerprint density at radius 2 is 2.08 bits per heavy atom. The summed E-state index contributed by atoms with van der Waals surface area (Å²) in [6.07, 6.45) is 4.83. The van der Waals surface area contributed by atoms with E-state index in [0.29, 0.717) is 6.42 Å². The van der Waals surface area contributed by atoms with Crippen molar-refractivity contribution in [3.8, 4) is 0 Å². The topological polar surface area (TPSA) is 52.9 Å². The molecule has 130 valence electrons. The lowest BCUT2D eigenvalue weighted by Crippen LogP contribution is -2.69. The second kappa shape index (κ2) is 5.74. The van der Waals surface area contributed by atoms with Crippen LogP contribution in [0.15, 0.2) is 40.9 Å². The summed E-state index contributed by atoms with van der Waals surface area (Å²) in [6, 6.07) is 0. The predicted molar refractivity (Wildman–Crippen MR) is 84.4 cm³/mol. The molecule has 0 amide bonds. The van der Waals surface area contributed by atoms with Gasteiger partial charge in [0.1, 0.15) is 4.87 Å². The second-order valence-electron chi connectivity index (χ2n) is 6.29. The minimum absolute atomic E-state index is 0.000549. The van der Waals surface area contributed by atoms with Gasteiger partial charge in [-0.15, -0.1) is 11.6 Å². The van der Waals surface area contributed by atoms with E-state index < -0.39 is 34.0 Å². The van der Waals surface area contributed by atoms with E-state index in [1.54, 1.807) is 18.2 Å².